The van der Waals surface area contributed by atoms with Crippen LogP contribution in [0.25, 0.3) is 0 Å². The Morgan fingerprint density at radius 1 is 1.40 bits per heavy atom. The molecule has 15 heavy (non-hydrogen) atoms. The molecule has 0 bridgehead atoms. The second-order valence-electron chi connectivity index (χ2n) is 4.58. The van der Waals surface area contributed by atoms with Gasteiger partial charge in [0.2, 0.25) is 0 Å². The van der Waals surface area contributed by atoms with E-state index in [-0.39, 0.29) is 0 Å². The summed E-state index contributed by atoms with van der Waals surface area (Å²) < 4.78 is 2.11. The fourth-order valence-electron chi connectivity index (χ4n) is 2.03. The lowest BCUT2D eigenvalue weighted by atomic mass is 9.89. The highest BCUT2D eigenvalue weighted by Crippen LogP contribution is 2.25. The van der Waals surface area contributed by atoms with Gasteiger partial charge >= 0.3 is 0 Å². The second-order valence-corrected chi connectivity index (χ2v) is 6.02. The molecule has 0 amide bonds. The van der Waals surface area contributed by atoms with Gasteiger partial charge in [-0.15, -0.1) is 0 Å². The van der Waals surface area contributed by atoms with Gasteiger partial charge in [0.25, 0.3) is 0 Å². The lowest BCUT2D eigenvalue weighted by Crippen LogP contribution is -2.19. The third kappa shape index (κ3) is 3.63. The molecule has 0 aliphatic rings. The summed E-state index contributed by atoms with van der Waals surface area (Å²) in [4.78, 5) is 4.94. The molecule has 2 nitrogen and oxygen atoms in total. The van der Waals surface area contributed by atoms with Crippen LogP contribution in [0, 0.1) is 11.8 Å². The van der Waals surface area contributed by atoms with Gasteiger partial charge < -0.3 is 4.57 Å². The number of hydrogen-bond acceptors (Lipinski definition) is 1. The summed E-state index contributed by atoms with van der Waals surface area (Å²) in [7, 11) is 2.06. The fraction of sp³-hybridized carbons (Fsp3) is 0.750. The molecule has 0 saturated carbocycles. The van der Waals surface area contributed by atoms with Gasteiger partial charge in [0.05, 0.1) is 0 Å². The SMILES string of the molecule is CC(C)C(CCc1nccn1C)C(C)Br. The minimum absolute atomic E-state index is 0.581. The zero-order chi connectivity index (χ0) is 11.4. The Bertz CT molecular complexity index is 284. The second kappa shape index (κ2) is 5.69. The Morgan fingerprint density at radius 2 is 2.07 bits per heavy atom. The molecule has 0 aliphatic heterocycles. The number of aryl methyl sites for hydroxylation is 2. The van der Waals surface area contributed by atoms with Gasteiger partial charge in [-0.2, -0.15) is 0 Å². The number of hydrogen-bond donors (Lipinski definition) is 0. The van der Waals surface area contributed by atoms with Crippen molar-refractivity contribution in [1.29, 1.82) is 0 Å². The predicted molar refractivity (Wildman–Crippen MR) is 68.2 cm³/mol. The quantitative estimate of drug-likeness (QED) is 0.752. The van der Waals surface area contributed by atoms with Crippen LogP contribution in [-0.4, -0.2) is 14.4 Å². The predicted octanol–water partition coefficient (Wildman–Crippen LogP) is 3.41. The number of nitrogens with zero attached hydrogens (tertiary/aromatic N) is 2. The van der Waals surface area contributed by atoms with Gasteiger partial charge in [-0.05, 0) is 18.3 Å². The minimum atomic E-state index is 0.581. The van der Waals surface area contributed by atoms with Crippen LogP contribution in [0.15, 0.2) is 12.4 Å². The van der Waals surface area contributed by atoms with Crippen molar-refractivity contribution in [2.24, 2.45) is 18.9 Å². The van der Waals surface area contributed by atoms with Crippen LogP contribution in [-0.2, 0) is 13.5 Å². The van der Waals surface area contributed by atoms with Gasteiger partial charge in [-0.1, -0.05) is 36.7 Å². The number of halogens is 1. The van der Waals surface area contributed by atoms with E-state index in [2.05, 4.69) is 53.3 Å². The maximum atomic E-state index is 4.35. The van der Waals surface area contributed by atoms with E-state index in [1.165, 1.54) is 12.2 Å². The topological polar surface area (TPSA) is 17.8 Å². The van der Waals surface area contributed by atoms with Crippen LogP contribution in [0.4, 0.5) is 0 Å². The average Bonchev–Trinajstić information content (AvgIpc) is 2.51. The zero-order valence-corrected chi connectivity index (χ0v) is 11.7. The van der Waals surface area contributed by atoms with Crippen LogP contribution in [0.2, 0.25) is 0 Å². The van der Waals surface area contributed by atoms with Crippen molar-refractivity contribution in [2.75, 3.05) is 0 Å². The van der Waals surface area contributed by atoms with Crippen molar-refractivity contribution >= 4 is 15.9 Å². The molecule has 2 atom stereocenters. The first-order chi connectivity index (χ1) is 7.02. The standard InChI is InChI=1S/C12H21BrN2/c1-9(2)11(10(3)13)5-6-12-14-7-8-15(12)4/h7-11H,5-6H2,1-4H3. The van der Waals surface area contributed by atoms with E-state index in [1.807, 2.05) is 12.4 Å². The van der Waals surface area contributed by atoms with E-state index in [0.29, 0.717) is 4.83 Å². The Balaban J connectivity index is 2.51. The first-order valence-corrected chi connectivity index (χ1v) is 6.54. The van der Waals surface area contributed by atoms with E-state index in [4.69, 9.17) is 0 Å². The normalized spacial score (nSPS) is 15.6. The smallest absolute Gasteiger partial charge is 0.108 e. The highest BCUT2D eigenvalue weighted by molar-refractivity contribution is 9.09. The summed E-state index contributed by atoms with van der Waals surface area (Å²) in [6.07, 6.45) is 6.16. The Kier molecular flexibility index (Phi) is 4.84. The lowest BCUT2D eigenvalue weighted by molar-refractivity contribution is 0.358. The van der Waals surface area contributed by atoms with Crippen LogP contribution in [0.1, 0.15) is 33.0 Å². The van der Waals surface area contributed by atoms with Gasteiger partial charge in [0.1, 0.15) is 5.82 Å². The minimum Gasteiger partial charge on any atom is -0.338 e. The average molecular weight is 273 g/mol. The van der Waals surface area contributed by atoms with Crippen molar-refractivity contribution in [3.63, 3.8) is 0 Å². The Morgan fingerprint density at radius 3 is 2.47 bits per heavy atom. The molecule has 86 valence electrons. The van der Waals surface area contributed by atoms with E-state index >= 15 is 0 Å². The Labute approximate surface area is 101 Å². The van der Waals surface area contributed by atoms with Crippen LogP contribution in [0.5, 0.6) is 0 Å². The lowest BCUT2D eigenvalue weighted by Gasteiger charge is -2.23. The van der Waals surface area contributed by atoms with E-state index in [1.54, 1.807) is 0 Å². The summed E-state index contributed by atoms with van der Waals surface area (Å²) in [5.74, 6) is 2.63. The molecule has 1 heterocycles. The first kappa shape index (κ1) is 12.8. The van der Waals surface area contributed by atoms with Gasteiger partial charge in [-0.25, -0.2) is 4.98 Å². The maximum absolute atomic E-state index is 4.35. The molecule has 2 unspecified atom stereocenters. The molecule has 1 rings (SSSR count). The van der Waals surface area contributed by atoms with Crippen LogP contribution >= 0.6 is 15.9 Å². The van der Waals surface area contributed by atoms with Crippen molar-refractivity contribution in [3.8, 4) is 0 Å². The van der Waals surface area contributed by atoms with Gasteiger partial charge in [0.15, 0.2) is 0 Å². The molecule has 0 fully saturated rings. The maximum Gasteiger partial charge on any atom is 0.108 e. The van der Waals surface area contributed by atoms with Crippen LogP contribution < -0.4 is 0 Å². The molecule has 0 aliphatic carbocycles. The first-order valence-electron chi connectivity index (χ1n) is 5.62. The zero-order valence-electron chi connectivity index (χ0n) is 10.1. The molecule has 3 heteroatoms. The van der Waals surface area contributed by atoms with Crippen molar-refractivity contribution < 1.29 is 0 Å². The molecule has 1 aromatic heterocycles. The van der Waals surface area contributed by atoms with Gasteiger partial charge in [0, 0.05) is 30.7 Å². The Hall–Kier alpha value is -0.310. The highest BCUT2D eigenvalue weighted by Gasteiger charge is 2.18. The molecule has 0 N–H and O–H groups in total. The van der Waals surface area contributed by atoms with E-state index in [0.717, 1.165) is 18.3 Å². The summed E-state index contributed by atoms with van der Waals surface area (Å²) in [6, 6.07) is 0. The molecule has 0 saturated heterocycles. The fourth-order valence-corrected chi connectivity index (χ4v) is 2.90. The number of alkyl halides is 1. The monoisotopic (exact) mass is 272 g/mol. The number of rotatable bonds is 5. The van der Waals surface area contributed by atoms with Crippen LogP contribution in [0.3, 0.4) is 0 Å². The summed E-state index contributed by atoms with van der Waals surface area (Å²) in [6.45, 7) is 6.82. The highest BCUT2D eigenvalue weighted by atomic mass is 79.9. The van der Waals surface area contributed by atoms with E-state index in [9.17, 15) is 0 Å². The third-order valence-electron chi connectivity index (χ3n) is 3.07. The molecular weight excluding hydrogens is 252 g/mol. The molecule has 0 radical (unpaired) electrons. The molecule has 0 aromatic carbocycles. The summed E-state index contributed by atoms with van der Waals surface area (Å²) in [5, 5.41) is 0. The summed E-state index contributed by atoms with van der Waals surface area (Å²) >= 11 is 3.70. The molecular formula is C12H21BrN2. The third-order valence-corrected chi connectivity index (χ3v) is 3.75. The largest absolute Gasteiger partial charge is 0.338 e. The molecule has 1 aromatic rings. The van der Waals surface area contributed by atoms with Crippen molar-refractivity contribution in [1.82, 2.24) is 9.55 Å². The van der Waals surface area contributed by atoms with Crippen molar-refractivity contribution in [2.45, 2.75) is 38.4 Å². The van der Waals surface area contributed by atoms with Crippen molar-refractivity contribution in [3.05, 3.63) is 18.2 Å². The van der Waals surface area contributed by atoms with Gasteiger partial charge in [-0.3, -0.25) is 0 Å². The summed E-state index contributed by atoms with van der Waals surface area (Å²) in [5.41, 5.74) is 0. The van der Waals surface area contributed by atoms with E-state index < -0.39 is 0 Å². The number of aromatic nitrogens is 2. The number of imidazole rings is 1. The molecule has 0 spiro atoms.